The number of rotatable bonds is 5. The molecular formula is C11H16ClNO2. The van der Waals surface area contributed by atoms with Gasteiger partial charge in [0.25, 0.3) is 0 Å². The zero-order valence-corrected chi connectivity index (χ0v) is 9.46. The number of anilines is 1. The largest absolute Gasteiger partial charge is 0.392 e. The predicted molar refractivity (Wildman–Crippen MR) is 62.3 cm³/mol. The maximum atomic E-state index is 9.29. The van der Waals surface area contributed by atoms with Crippen molar-refractivity contribution < 1.29 is 10.2 Å². The summed E-state index contributed by atoms with van der Waals surface area (Å²) in [5, 5.41) is 21.5. The van der Waals surface area contributed by atoms with E-state index in [2.05, 4.69) is 5.32 Å². The summed E-state index contributed by atoms with van der Waals surface area (Å²) < 4.78 is 0. The Hall–Kier alpha value is -0.770. The first-order chi connectivity index (χ1) is 7.19. The molecule has 1 aromatic carbocycles. The van der Waals surface area contributed by atoms with Gasteiger partial charge in [0.05, 0.1) is 18.6 Å². The normalized spacial score (nSPS) is 12.5. The minimum Gasteiger partial charge on any atom is -0.392 e. The van der Waals surface area contributed by atoms with Crippen molar-refractivity contribution in [3.63, 3.8) is 0 Å². The molecule has 15 heavy (non-hydrogen) atoms. The van der Waals surface area contributed by atoms with Crippen LogP contribution in [0, 0.1) is 6.92 Å². The van der Waals surface area contributed by atoms with Crippen LogP contribution < -0.4 is 5.32 Å². The van der Waals surface area contributed by atoms with Crippen molar-refractivity contribution in [1.29, 1.82) is 0 Å². The monoisotopic (exact) mass is 229 g/mol. The van der Waals surface area contributed by atoms with Crippen LogP contribution in [0.5, 0.6) is 0 Å². The fraction of sp³-hybridized carbons (Fsp3) is 0.455. The fourth-order valence-electron chi connectivity index (χ4n) is 1.33. The second kappa shape index (κ2) is 5.95. The Labute approximate surface area is 94.7 Å². The van der Waals surface area contributed by atoms with Gasteiger partial charge < -0.3 is 15.5 Å². The van der Waals surface area contributed by atoms with E-state index in [9.17, 15) is 5.11 Å². The number of benzene rings is 1. The molecule has 4 heteroatoms. The van der Waals surface area contributed by atoms with Crippen molar-refractivity contribution >= 4 is 17.3 Å². The molecule has 0 aromatic heterocycles. The van der Waals surface area contributed by atoms with E-state index in [0.29, 0.717) is 6.54 Å². The molecule has 0 saturated carbocycles. The number of halogens is 1. The highest BCUT2D eigenvalue weighted by atomic mass is 35.5. The molecule has 3 N–H and O–H groups in total. The lowest BCUT2D eigenvalue weighted by atomic mass is 10.1. The third-order valence-electron chi connectivity index (χ3n) is 2.32. The molecule has 0 bridgehead atoms. The first-order valence-electron chi connectivity index (χ1n) is 4.86. The summed E-state index contributed by atoms with van der Waals surface area (Å²) in [4.78, 5) is 0. The summed E-state index contributed by atoms with van der Waals surface area (Å²) >= 11 is 5.49. The first-order valence-corrected chi connectivity index (χ1v) is 5.39. The molecule has 0 aliphatic carbocycles. The van der Waals surface area contributed by atoms with Gasteiger partial charge in [0.2, 0.25) is 0 Å². The van der Waals surface area contributed by atoms with Crippen molar-refractivity contribution in [3.05, 3.63) is 29.3 Å². The van der Waals surface area contributed by atoms with Crippen molar-refractivity contribution in [3.8, 4) is 0 Å². The van der Waals surface area contributed by atoms with Crippen LogP contribution in [0.1, 0.15) is 11.1 Å². The molecule has 84 valence electrons. The summed E-state index contributed by atoms with van der Waals surface area (Å²) in [5.74, 6) is 0.214. The Morgan fingerprint density at radius 3 is 2.80 bits per heavy atom. The van der Waals surface area contributed by atoms with Crippen LogP contribution in [0.25, 0.3) is 0 Å². The topological polar surface area (TPSA) is 52.5 Å². The Morgan fingerprint density at radius 1 is 1.47 bits per heavy atom. The molecule has 0 aliphatic heterocycles. The standard InChI is InChI=1S/C11H16ClNO2/c1-8-9(7-14)3-2-4-11(8)13-6-10(15)5-12/h2-4,10,13-15H,5-7H2,1H3. The highest BCUT2D eigenvalue weighted by Gasteiger charge is 2.05. The van der Waals surface area contributed by atoms with Gasteiger partial charge in [-0.2, -0.15) is 0 Å². The third kappa shape index (κ3) is 3.38. The van der Waals surface area contributed by atoms with Gasteiger partial charge in [0, 0.05) is 12.2 Å². The number of aliphatic hydroxyl groups is 2. The van der Waals surface area contributed by atoms with E-state index in [-0.39, 0.29) is 12.5 Å². The second-order valence-electron chi connectivity index (χ2n) is 3.44. The van der Waals surface area contributed by atoms with E-state index < -0.39 is 6.10 Å². The molecule has 1 rings (SSSR count). The van der Waals surface area contributed by atoms with Crippen LogP contribution in [-0.4, -0.2) is 28.7 Å². The molecule has 1 atom stereocenters. The zero-order valence-electron chi connectivity index (χ0n) is 8.70. The van der Waals surface area contributed by atoms with Gasteiger partial charge in [-0.25, -0.2) is 0 Å². The van der Waals surface area contributed by atoms with Gasteiger partial charge in [-0.05, 0) is 24.1 Å². The van der Waals surface area contributed by atoms with Gasteiger partial charge in [-0.15, -0.1) is 11.6 Å². The van der Waals surface area contributed by atoms with Gasteiger partial charge in [-0.1, -0.05) is 12.1 Å². The lowest BCUT2D eigenvalue weighted by molar-refractivity contribution is 0.211. The molecule has 1 aromatic rings. The van der Waals surface area contributed by atoms with Crippen LogP contribution in [-0.2, 0) is 6.61 Å². The minimum absolute atomic E-state index is 0.0272. The molecule has 0 fully saturated rings. The maximum absolute atomic E-state index is 9.29. The average Bonchev–Trinajstić information content (AvgIpc) is 2.27. The van der Waals surface area contributed by atoms with Gasteiger partial charge in [0.1, 0.15) is 0 Å². The Kier molecular flexibility index (Phi) is 4.88. The number of alkyl halides is 1. The van der Waals surface area contributed by atoms with Crippen LogP contribution in [0.4, 0.5) is 5.69 Å². The maximum Gasteiger partial charge on any atom is 0.0847 e. The van der Waals surface area contributed by atoms with E-state index in [1.54, 1.807) is 0 Å². The molecule has 3 nitrogen and oxygen atoms in total. The summed E-state index contributed by atoms with van der Waals surface area (Å²) in [6.45, 7) is 2.37. The minimum atomic E-state index is -0.552. The van der Waals surface area contributed by atoms with Crippen LogP contribution in [0.2, 0.25) is 0 Å². The number of nitrogens with one attached hydrogen (secondary N) is 1. The van der Waals surface area contributed by atoms with Crippen molar-refractivity contribution in [2.75, 3.05) is 17.7 Å². The zero-order chi connectivity index (χ0) is 11.3. The molecule has 0 amide bonds. The van der Waals surface area contributed by atoms with E-state index in [4.69, 9.17) is 16.7 Å². The number of aliphatic hydroxyl groups excluding tert-OH is 2. The summed E-state index contributed by atoms with van der Waals surface area (Å²) in [5.41, 5.74) is 2.81. The Morgan fingerprint density at radius 2 is 2.20 bits per heavy atom. The molecule has 1 unspecified atom stereocenters. The molecule has 0 spiro atoms. The summed E-state index contributed by atoms with van der Waals surface area (Å²) in [7, 11) is 0. The Balaban J connectivity index is 2.68. The van der Waals surface area contributed by atoms with Crippen molar-refractivity contribution in [1.82, 2.24) is 0 Å². The molecule has 0 radical (unpaired) electrons. The van der Waals surface area contributed by atoms with Crippen LogP contribution >= 0.6 is 11.6 Å². The van der Waals surface area contributed by atoms with Crippen molar-refractivity contribution in [2.24, 2.45) is 0 Å². The van der Waals surface area contributed by atoms with Crippen LogP contribution in [0.3, 0.4) is 0 Å². The third-order valence-corrected chi connectivity index (χ3v) is 2.68. The number of hydrogen-bond donors (Lipinski definition) is 3. The van der Waals surface area contributed by atoms with E-state index in [0.717, 1.165) is 16.8 Å². The van der Waals surface area contributed by atoms with Crippen molar-refractivity contribution in [2.45, 2.75) is 19.6 Å². The van der Waals surface area contributed by atoms with Gasteiger partial charge >= 0.3 is 0 Å². The Bertz CT molecular complexity index is 317. The first kappa shape index (κ1) is 12.3. The van der Waals surface area contributed by atoms with E-state index in [1.807, 2.05) is 25.1 Å². The summed E-state index contributed by atoms with van der Waals surface area (Å²) in [6, 6.07) is 5.65. The smallest absolute Gasteiger partial charge is 0.0847 e. The fourth-order valence-corrected chi connectivity index (χ4v) is 1.44. The SMILES string of the molecule is Cc1c(CO)cccc1NCC(O)CCl. The number of hydrogen-bond acceptors (Lipinski definition) is 3. The highest BCUT2D eigenvalue weighted by molar-refractivity contribution is 6.18. The molecule has 0 saturated heterocycles. The molecule has 0 aliphatic rings. The van der Waals surface area contributed by atoms with E-state index >= 15 is 0 Å². The molecule has 0 heterocycles. The average molecular weight is 230 g/mol. The molecular weight excluding hydrogens is 214 g/mol. The van der Waals surface area contributed by atoms with Gasteiger partial charge in [0.15, 0.2) is 0 Å². The van der Waals surface area contributed by atoms with E-state index in [1.165, 1.54) is 0 Å². The quantitative estimate of drug-likeness (QED) is 0.671. The van der Waals surface area contributed by atoms with Crippen LogP contribution in [0.15, 0.2) is 18.2 Å². The highest BCUT2D eigenvalue weighted by Crippen LogP contribution is 2.18. The lowest BCUT2D eigenvalue weighted by Crippen LogP contribution is -2.21. The lowest BCUT2D eigenvalue weighted by Gasteiger charge is -2.14. The second-order valence-corrected chi connectivity index (χ2v) is 3.75. The summed E-state index contributed by atoms with van der Waals surface area (Å²) in [6.07, 6.45) is -0.552. The van der Waals surface area contributed by atoms with Gasteiger partial charge in [-0.3, -0.25) is 0 Å². The predicted octanol–water partition coefficient (Wildman–Crippen LogP) is 1.50.